The molecule has 0 saturated carbocycles. The van der Waals surface area contributed by atoms with E-state index >= 15 is 0 Å². The number of fused-ring (bicyclic) bond motifs is 1. The molecule has 8 heteroatoms. The zero-order chi connectivity index (χ0) is 20.9. The van der Waals surface area contributed by atoms with Gasteiger partial charge in [0.25, 0.3) is 5.91 Å². The summed E-state index contributed by atoms with van der Waals surface area (Å²) in [4.78, 5) is 29.2. The van der Waals surface area contributed by atoms with Gasteiger partial charge in [0.2, 0.25) is 5.91 Å². The molecule has 3 aromatic rings. The van der Waals surface area contributed by atoms with Gasteiger partial charge in [-0.15, -0.1) is 11.3 Å². The van der Waals surface area contributed by atoms with Crippen molar-refractivity contribution in [1.29, 1.82) is 0 Å². The first-order chi connectivity index (χ1) is 14.6. The minimum Gasteiger partial charge on any atom is -0.376 e. The van der Waals surface area contributed by atoms with E-state index in [2.05, 4.69) is 15.6 Å². The fourth-order valence-electron chi connectivity index (χ4n) is 3.28. The smallest absolute Gasteiger partial charge is 0.255 e. The topological polar surface area (TPSA) is 80.3 Å². The number of benzene rings is 2. The molecule has 0 radical (unpaired) electrons. The summed E-state index contributed by atoms with van der Waals surface area (Å²) in [5.41, 5.74) is 3.18. The van der Waals surface area contributed by atoms with Crippen LogP contribution in [0.5, 0.6) is 0 Å². The molecular formula is C22H23N3O3S2. The molecule has 0 bridgehead atoms. The molecule has 2 aromatic carbocycles. The number of carbonyl (C=O) groups is 2. The van der Waals surface area contributed by atoms with Crippen molar-refractivity contribution < 1.29 is 14.3 Å². The molecule has 2 N–H and O–H groups in total. The molecular weight excluding hydrogens is 418 g/mol. The van der Waals surface area contributed by atoms with Crippen molar-refractivity contribution in [3.05, 3.63) is 53.6 Å². The van der Waals surface area contributed by atoms with Crippen molar-refractivity contribution >= 4 is 50.8 Å². The van der Waals surface area contributed by atoms with Crippen LogP contribution in [-0.2, 0) is 9.53 Å². The van der Waals surface area contributed by atoms with Crippen molar-refractivity contribution in [3.8, 4) is 0 Å². The lowest BCUT2D eigenvalue weighted by Crippen LogP contribution is -2.32. The maximum Gasteiger partial charge on any atom is 0.255 e. The predicted molar refractivity (Wildman–Crippen MR) is 121 cm³/mol. The molecule has 4 rings (SSSR count). The molecule has 1 aromatic heterocycles. The molecule has 1 aliphatic heterocycles. The number of anilines is 1. The predicted octanol–water partition coefficient (Wildman–Crippen LogP) is 4.24. The Hall–Kier alpha value is -2.42. The third-order valence-electron chi connectivity index (χ3n) is 4.89. The van der Waals surface area contributed by atoms with Gasteiger partial charge in [-0.2, -0.15) is 0 Å². The molecule has 2 heterocycles. The van der Waals surface area contributed by atoms with E-state index in [1.807, 2.05) is 49.4 Å². The highest BCUT2D eigenvalue weighted by Crippen LogP contribution is 2.31. The Balaban J connectivity index is 1.34. The van der Waals surface area contributed by atoms with E-state index in [1.165, 1.54) is 23.1 Å². The number of thioether (sulfide) groups is 1. The van der Waals surface area contributed by atoms with Crippen molar-refractivity contribution in [3.63, 3.8) is 0 Å². The highest BCUT2D eigenvalue weighted by atomic mass is 32.2. The first-order valence-electron chi connectivity index (χ1n) is 9.87. The van der Waals surface area contributed by atoms with Gasteiger partial charge in [0.05, 0.1) is 22.1 Å². The average Bonchev–Trinajstić information content (AvgIpc) is 3.40. The molecule has 1 saturated heterocycles. The Labute approximate surface area is 183 Å². The molecule has 2 amide bonds. The molecule has 30 heavy (non-hydrogen) atoms. The first-order valence-corrected chi connectivity index (χ1v) is 11.7. The summed E-state index contributed by atoms with van der Waals surface area (Å²) in [6, 6.07) is 13.2. The SMILES string of the molecule is Cc1ccccc1C(=O)Nc1ccc2nc(SCC(=O)NC[C@H]3CCCO3)sc2c1. The molecule has 1 aliphatic rings. The van der Waals surface area contributed by atoms with Crippen LogP contribution in [0.3, 0.4) is 0 Å². The van der Waals surface area contributed by atoms with E-state index in [1.54, 1.807) is 0 Å². The average molecular weight is 442 g/mol. The van der Waals surface area contributed by atoms with Crippen LogP contribution in [0.25, 0.3) is 10.2 Å². The van der Waals surface area contributed by atoms with Crippen molar-refractivity contribution in [2.24, 2.45) is 0 Å². The van der Waals surface area contributed by atoms with Crippen LogP contribution in [0.15, 0.2) is 46.8 Å². The normalized spacial score (nSPS) is 16.0. The van der Waals surface area contributed by atoms with Crippen LogP contribution in [0.1, 0.15) is 28.8 Å². The van der Waals surface area contributed by atoms with E-state index in [0.717, 1.165) is 45.3 Å². The van der Waals surface area contributed by atoms with E-state index < -0.39 is 0 Å². The molecule has 156 valence electrons. The number of hydrogen-bond donors (Lipinski definition) is 2. The molecule has 1 atom stereocenters. The Bertz CT molecular complexity index is 1060. The molecule has 6 nitrogen and oxygen atoms in total. The van der Waals surface area contributed by atoms with Crippen molar-refractivity contribution in [2.45, 2.75) is 30.2 Å². The number of nitrogens with one attached hydrogen (secondary N) is 2. The van der Waals surface area contributed by atoms with Gasteiger partial charge in [-0.05, 0) is 49.6 Å². The van der Waals surface area contributed by atoms with E-state index in [4.69, 9.17) is 4.74 Å². The summed E-state index contributed by atoms with van der Waals surface area (Å²) in [6.45, 7) is 3.28. The zero-order valence-corrected chi connectivity index (χ0v) is 18.3. The highest BCUT2D eigenvalue weighted by molar-refractivity contribution is 8.01. The lowest BCUT2D eigenvalue weighted by Gasteiger charge is -2.09. The minimum absolute atomic E-state index is 0.0130. The molecule has 0 aliphatic carbocycles. The van der Waals surface area contributed by atoms with Crippen LogP contribution >= 0.6 is 23.1 Å². The summed E-state index contributed by atoms with van der Waals surface area (Å²) >= 11 is 2.94. The van der Waals surface area contributed by atoms with Gasteiger partial charge in [0.15, 0.2) is 4.34 Å². The summed E-state index contributed by atoms with van der Waals surface area (Å²) < 4.78 is 7.32. The van der Waals surface area contributed by atoms with Gasteiger partial charge in [0, 0.05) is 24.4 Å². The minimum atomic E-state index is -0.130. The third kappa shape index (κ3) is 5.19. The standard InChI is InChI=1S/C22H23N3O3S2/c1-14-5-2-3-7-17(14)21(27)24-15-8-9-18-19(11-15)30-22(25-18)29-13-20(26)23-12-16-6-4-10-28-16/h2-3,5,7-9,11,16H,4,6,10,12-13H2,1H3,(H,23,26)(H,24,27)/t16-/m1/s1. The largest absolute Gasteiger partial charge is 0.376 e. The second-order valence-electron chi connectivity index (χ2n) is 7.16. The van der Waals surface area contributed by atoms with E-state index in [0.29, 0.717) is 17.9 Å². The number of amides is 2. The highest BCUT2D eigenvalue weighted by Gasteiger charge is 2.16. The van der Waals surface area contributed by atoms with E-state index in [9.17, 15) is 9.59 Å². The van der Waals surface area contributed by atoms with Crippen molar-refractivity contribution in [2.75, 3.05) is 24.2 Å². The fraction of sp³-hybridized carbons (Fsp3) is 0.318. The Morgan fingerprint density at radius 1 is 1.27 bits per heavy atom. The monoisotopic (exact) mass is 441 g/mol. The Morgan fingerprint density at radius 2 is 2.13 bits per heavy atom. The summed E-state index contributed by atoms with van der Waals surface area (Å²) in [7, 11) is 0. The number of aromatic nitrogens is 1. The van der Waals surface area contributed by atoms with Gasteiger partial charge in [-0.3, -0.25) is 9.59 Å². The quantitative estimate of drug-likeness (QED) is 0.536. The fourth-order valence-corrected chi connectivity index (χ4v) is 5.22. The number of hydrogen-bond acceptors (Lipinski definition) is 6. The number of rotatable bonds is 7. The maximum atomic E-state index is 12.5. The Kier molecular flexibility index (Phi) is 6.66. The number of thiazole rings is 1. The van der Waals surface area contributed by atoms with Gasteiger partial charge >= 0.3 is 0 Å². The van der Waals surface area contributed by atoms with E-state index in [-0.39, 0.29) is 17.9 Å². The third-order valence-corrected chi connectivity index (χ3v) is 7.06. The van der Waals surface area contributed by atoms with Crippen LogP contribution < -0.4 is 10.6 Å². The lowest BCUT2D eigenvalue weighted by molar-refractivity contribution is -0.119. The van der Waals surface area contributed by atoms with Gasteiger partial charge in [0.1, 0.15) is 0 Å². The lowest BCUT2D eigenvalue weighted by atomic mass is 10.1. The van der Waals surface area contributed by atoms with Crippen LogP contribution in [0.4, 0.5) is 5.69 Å². The van der Waals surface area contributed by atoms with Gasteiger partial charge < -0.3 is 15.4 Å². The maximum absolute atomic E-state index is 12.5. The number of aryl methyl sites for hydroxylation is 1. The van der Waals surface area contributed by atoms with Crippen molar-refractivity contribution in [1.82, 2.24) is 10.3 Å². The first kappa shape index (κ1) is 20.8. The van der Waals surface area contributed by atoms with Crippen LogP contribution in [0.2, 0.25) is 0 Å². The van der Waals surface area contributed by atoms with Crippen LogP contribution in [0, 0.1) is 6.92 Å². The van der Waals surface area contributed by atoms with Crippen LogP contribution in [-0.4, -0.2) is 41.8 Å². The van der Waals surface area contributed by atoms with Gasteiger partial charge in [-0.25, -0.2) is 4.98 Å². The van der Waals surface area contributed by atoms with Gasteiger partial charge in [-0.1, -0.05) is 30.0 Å². The molecule has 0 unspecified atom stereocenters. The number of ether oxygens (including phenoxy) is 1. The summed E-state index contributed by atoms with van der Waals surface area (Å²) in [6.07, 6.45) is 2.22. The zero-order valence-electron chi connectivity index (χ0n) is 16.6. The number of nitrogens with zero attached hydrogens (tertiary/aromatic N) is 1. The summed E-state index contributed by atoms with van der Waals surface area (Å²) in [5.74, 6) is 0.180. The summed E-state index contributed by atoms with van der Waals surface area (Å²) in [5, 5.41) is 5.88. The Morgan fingerprint density at radius 3 is 2.93 bits per heavy atom. The number of carbonyl (C=O) groups excluding carboxylic acids is 2. The second-order valence-corrected chi connectivity index (χ2v) is 9.41. The molecule has 1 fully saturated rings. The molecule has 0 spiro atoms. The second kappa shape index (κ2) is 9.59.